The van der Waals surface area contributed by atoms with Gasteiger partial charge in [0.05, 0.1) is 5.69 Å². The van der Waals surface area contributed by atoms with Gasteiger partial charge in [-0.2, -0.15) is 0 Å². The Morgan fingerprint density at radius 2 is 2.00 bits per heavy atom. The van der Waals surface area contributed by atoms with E-state index < -0.39 is 28.7 Å². The number of carbonyl (C=O) groups is 1. The van der Waals surface area contributed by atoms with Crippen molar-refractivity contribution in [2.24, 2.45) is 0 Å². The third-order valence-corrected chi connectivity index (χ3v) is 3.47. The molecule has 0 aliphatic carbocycles. The summed E-state index contributed by atoms with van der Waals surface area (Å²) in [6.45, 7) is 1.58. The first kappa shape index (κ1) is 16.2. The van der Waals surface area contributed by atoms with Crippen molar-refractivity contribution in [2.75, 3.05) is 5.32 Å². The molecule has 1 heterocycles. The van der Waals surface area contributed by atoms with Crippen LogP contribution < -0.4 is 10.9 Å². The van der Waals surface area contributed by atoms with E-state index in [9.17, 15) is 18.4 Å². The summed E-state index contributed by atoms with van der Waals surface area (Å²) in [4.78, 5) is 23.0. The van der Waals surface area contributed by atoms with Crippen LogP contribution >= 0.6 is 15.9 Å². The van der Waals surface area contributed by atoms with E-state index in [2.05, 4.69) is 21.2 Å². The number of hydrogen-bond donors (Lipinski definition) is 2. The number of aromatic carboxylic acids is 1. The summed E-state index contributed by atoms with van der Waals surface area (Å²) >= 11 is 3.10. The number of nitrogens with one attached hydrogen (secondary N) is 1. The van der Waals surface area contributed by atoms with Gasteiger partial charge in [-0.1, -0.05) is 15.9 Å². The van der Waals surface area contributed by atoms with Crippen molar-refractivity contribution >= 4 is 33.4 Å². The van der Waals surface area contributed by atoms with Crippen molar-refractivity contribution in [2.45, 2.75) is 13.5 Å². The van der Waals surface area contributed by atoms with Crippen molar-refractivity contribution in [1.82, 2.24) is 4.57 Å². The Bertz CT molecular complexity index is 805. The van der Waals surface area contributed by atoms with E-state index in [1.165, 1.54) is 12.1 Å². The zero-order valence-corrected chi connectivity index (χ0v) is 12.9. The first-order valence-electron chi connectivity index (χ1n) is 6.23. The zero-order chi connectivity index (χ0) is 16.4. The van der Waals surface area contributed by atoms with E-state index in [0.717, 1.165) is 4.57 Å². The summed E-state index contributed by atoms with van der Waals surface area (Å²) < 4.78 is 28.8. The number of pyridine rings is 1. The molecule has 2 aromatic rings. The van der Waals surface area contributed by atoms with E-state index in [1.54, 1.807) is 13.0 Å². The second-order valence-electron chi connectivity index (χ2n) is 4.36. The smallest absolute Gasteiger partial charge is 0.339 e. The van der Waals surface area contributed by atoms with E-state index in [-0.39, 0.29) is 18.1 Å². The standard InChI is InChI=1S/C14H11BrF2N2O3/c1-2-19-12(8(14(21)22)6-10(17)13(19)20)18-11-4-3-7(15)5-9(11)16/h3-6,18H,2H2,1H3,(H,21,22). The van der Waals surface area contributed by atoms with E-state index in [1.807, 2.05) is 0 Å². The van der Waals surface area contributed by atoms with Crippen LogP contribution in [0.3, 0.4) is 0 Å². The number of nitrogens with zero attached hydrogens (tertiary/aromatic N) is 1. The van der Waals surface area contributed by atoms with Crippen LogP contribution in [0.5, 0.6) is 0 Å². The summed E-state index contributed by atoms with van der Waals surface area (Å²) in [5.41, 5.74) is -1.47. The highest BCUT2D eigenvalue weighted by Gasteiger charge is 2.20. The molecular formula is C14H11BrF2N2O3. The highest BCUT2D eigenvalue weighted by molar-refractivity contribution is 9.10. The lowest BCUT2D eigenvalue weighted by Gasteiger charge is -2.16. The minimum Gasteiger partial charge on any atom is -0.478 e. The van der Waals surface area contributed by atoms with Gasteiger partial charge in [0.25, 0.3) is 5.56 Å². The molecule has 8 heteroatoms. The maximum absolute atomic E-state index is 13.9. The molecular weight excluding hydrogens is 362 g/mol. The third-order valence-electron chi connectivity index (χ3n) is 2.98. The molecule has 0 atom stereocenters. The molecule has 1 aromatic carbocycles. The molecule has 116 valence electrons. The van der Waals surface area contributed by atoms with Crippen LogP contribution in [0, 0.1) is 11.6 Å². The summed E-state index contributed by atoms with van der Waals surface area (Å²) in [6, 6.07) is 4.72. The molecule has 0 aliphatic heterocycles. The number of carboxylic acids is 1. The second kappa shape index (κ2) is 6.27. The van der Waals surface area contributed by atoms with Gasteiger partial charge >= 0.3 is 5.97 Å². The number of aromatic nitrogens is 1. The molecule has 0 amide bonds. The lowest BCUT2D eigenvalue weighted by atomic mass is 10.2. The topological polar surface area (TPSA) is 71.3 Å². The Balaban J connectivity index is 2.65. The fourth-order valence-corrected chi connectivity index (χ4v) is 2.28. The summed E-state index contributed by atoms with van der Waals surface area (Å²) in [7, 11) is 0. The monoisotopic (exact) mass is 372 g/mol. The van der Waals surface area contributed by atoms with Gasteiger partial charge < -0.3 is 10.4 Å². The molecule has 0 fully saturated rings. The fourth-order valence-electron chi connectivity index (χ4n) is 1.95. The molecule has 5 nitrogen and oxygen atoms in total. The predicted molar refractivity (Wildman–Crippen MR) is 80.7 cm³/mol. The number of carboxylic acid groups (broad SMARTS) is 1. The molecule has 0 saturated heterocycles. The average Bonchev–Trinajstić information content (AvgIpc) is 2.45. The van der Waals surface area contributed by atoms with E-state index in [0.29, 0.717) is 10.5 Å². The third kappa shape index (κ3) is 3.01. The van der Waals surface area contributed by atoms with Crippen LogP contribution in [0.1, 0.15) is 17.3 Å². The van der Waals surface area contributed by atoms with E-state index >= 15 is 0 Å². The van der Waals surface area contributed by atoms with Gasteiger partial charge in [0.2, 0.25) is 0 Å². The van der Waals surface area contributed by atoms with Crippen LogP contribution in [-0.4, -0.2) is 15.6 Å². The lowest BCUT2D eigenvalue weighted by molar-refractivity contribution is 0.0696. The van der Waals surface area contributed by atoms with Gasteiger partial charge in [-0.25, -0.2) is 13.6 Å². The highest BCUT2D eigenvalue weighted by atomic mass is 79.9. The minimum atomic E-state index is -1.43. The van der Waals surface area contributed by atoms with Crippen LogP contribution in [0.25, 0.3) is 0 Å². The van der Waals surface area contributed by atoms with Gasteiger partial charge in [-0.3, -0.25) is 9.36 Å². The van der Waals surface area contributed by atoms with Crippen molar-refractivity contribution in [3.05, 3.63) is 56.3 Å². The molecule has 2 N–H and O–H groups in total. The van der Waals surface area contributed by atoms with Gasteiger partial charge in [-0.15, -0.1) is 0 Å². The summed E-state index contributed by atoms with van der Waals surface area (Å²) in [5.74, 6) is -3.44. The van der Waals surface area contributed by atoms with Gasteiger partial charge in [-0.05, 0) is 31.2 Å². The lowest BCUT2D eigenvalue weighted by Crippen LogP contribution is -2.27. The first-order valence-corrected chi connectivity index (χ1v) is 7.03. The van der Waals surface area contributed by atoms with Gasteiger partial charge in [0, 0.05) is 11.0 Å². The number of halogens is 3. The van der Waals surface area contributed by atoms with Crippen LogP contribution in [0.15, 0.2) is 33.5 Å². The van der Waals surface area contributed by atoms with Crippen LogP contribution in [0.4, 0.5) is 20.3 Å². The maximum Gasteiger partial charge on any atom is 0.339 e. The second-order valence-corrected chi connectivity index (χ2v) is 5.27. The Hall–Kier alpha value is -2.22. The Morgan fingerprint density at radius 3 is 2.55 bits per heavy atom. The molecule has 1 aromatic heterocycles. The number of anilines is 2. The number of hydrogen-bond acceptors (Lipinski definition) is 3. The Morgan fingerprint density at radius 1 is 1.32 bits per heavy atom. The largest absolute Gasteiger partial charge is 0.478 e. The summed E-state index contributed by atoms with van der Waals surface area (Å²) in [6.07, 6.45) is 0. The number of rotatable bonds is 4. The normalized spacial score (nSPS) is 10.5. The molecule has 0 spiro atoms. The SMILES string of the molecule is CCn1c(Nc2ccc(Br)cc2F)c(C(=O)O)cc(F)c1=O. The zero-order valence-electron chi connectivity index (χ0n) is 11.4. The average molecular weight is 373 g/mol. The van der Waals surface area contributed by atoms with Crippen molar-refractivity contribution in [3.8, 4) is 0 Å². The molecule has 0 radical (unpaired) electrons. The molecule has 0 saturated carbocycles. The van der Waals surface area contributed by atoms with Crippen molar-refractivity contribution in [3.63, 3.8) is 0 Å². The summed E-state index contributed by atoms with van der Waals surface area (Å²) in [5, 5.41) is 11.7. The Labute approximate surface area is 132 Å². The maximum atomic E-state index is 13.9. The predicted octanol–water partition coefficient (Wildman–Crippen LogP) is 3.35. The molecule has 2 rings (SSSR count). The van der Waals surface area contributed by atoms with Gasteiger partial charge in [0.1, 0.15) is 17.2 Å². The van der Waals surface area contributed by atoms with Gasteiger partial charge in [0.15, 0.2) is 5.82 Å². The first-order chi connectivity index (χ1) is 10.3. The molecule has 22 heavy (non-hydrogen) atoms. The molecule has 0 bridgehead atoms. The van der Waals surface area contributed by atoms with Crippen molar-refractivity contribution < 1.29 is 18.7 Å². The minimum absolute atomic E-state index is 0.0252. The quantitative estimate of drug-likeness (QED) is 0.863. The fraction of sp³-hybridized carbons (Fsp3) is 0.143. The highest BCUT2D eigenvalue weighted by Crippen LogP contribution is 2.25. The van der Waals surface area contributed by atoms with Crippen LogP contribution in [-0.2, 0) is 6.54 Å². The van der Waals surface area contributed by atoms with Crippen LogP contribution in [0.2, 0.25) is 0 Å². The molecule has 0 unspecified atom stereocenters. The van der Waals surface area contributed by atoms with E-state index in [4.69, 9.17) is 5.11 Å². The van der Waals surface area contributed by atoms with Crippen molar-refractivity contribution in [1.29, 1.82) is 0 Å². The molecule has 0 aliphatic rings. The Kier molecular flexibility index (Phi) is 4.60. The number of benzene rings is 1.